The zero-order chi connectivity index (χ0) is 22.6. The van der Waals surface area contributed by atoms with Crippen LogP contribution in [0.25, 0.3) is 0 Å². The van der Waals surface area contributed by atoms with Crippen LogP contribution in [0.1, 0.15) is 23.7 Å². The van der Waals surface area contributed by atoms with Crippen LogP contribution in [0.4, 0.5) is 0 Å². The Morgan fingerprint density at radius 2 is 1.66 bits per heavy atom. The number of rotatable bonds is 6. The summed E-state index contributed by atoms with van der Waals surface area (Å²) >= 11 is 5.96. The molecule has 0 aromatic heterocycles. The molecule has 0 aliphatic carbocycles. The molecule has 2 fully saturated rings. The molecule has 0 bridgehead atoms. The van der Waals surface area contributed by atoms with Crippen molar-refractivity contribution in [3.05, 3.63) is 64.7 Å². The summed E-state index contributed by atoms with van der Waals surface area (Å²) in [5, 5.41) is 0.668. The van der Waals surface area contributed by atoms with E-state index in [1.54, 1.807) is 24.3 Å². The van der Waals surface area contributed by atoms with Gasteiger partial charge in [0.15, 0.2) is 0 Å². The van der Waals surface area contributed by atoms with E-state index < -0.39 is 10.0 Å². The van der Waals surface area contributed by atoms with Gasteiger partial charge in [0.25, 0.3) is 0 Å². The number of amides is 1. The van der Waals surface area contributed by atoms with Gasteiger partial charge in [-0.25, -0.2) is 8.42 Å². The van der Waals surface area contributed by atoms with Crippen LogP contribution < -0.4 is 0 Å². The van der Waals surface area contributed by atoms with E-state index >= 15 is 0 Å². The average molecular weight is 479 g/mol. The van der Waals surface area contributed by atoms with Gasteiger partial charge in [-0.05, 0) is 41.8 Å². The molecule has 0 radical (unpaired) electrons. The van der Waals surface area contributed by atoms with E-state index in [4.69, 9.17) is 21.1 Å². The first kappa shape index (κ1) is 23.2. The van der Waals surface area contributed by atoms with Crippen LogP contribution in [-0.4, -0.2) is 69.5 Å². The van der Waals surface area contributed by atoms with Gasteiger partial charge in [-0.3, -0.25) is 4.79 Å². The molecule has 32 heavy (non-hydrogen) atoms. The second kappa shape index (κ2) is 10.3. The Kier molecular flexibility index (Phi) is 7.48. The molecule has 4 rings (SSSR count). The molecule has 1 amide bonds. The summed E-state index contributed by atoms with van der Waals surface area (Å²) < 4.78 is 38.0. The molecule has 1 unspecified atom stereocenters. The van der Waals surface area contributed by atoms with E-state index in [-0.39, 0.29) is 16.9 Å². The molecule has 172 valence electrons. The predicted molar refractivity (Wildman–Crippen MR) is 121 cm³/mol. The summed E-state index contributed by atoms with van der Waals surface area (Å²) in [5.41, 5.74) is 1.94. The molecule has 1 atom stereocenters. The number of ether oxygens (including phenoxy) is 2. The Bertz CT molecular complexity index is 1020. The van der Waals surface area contributed by atoms with Crippen molar-refractivity contribution < 1.29 is 22.7 Å². The molecule has 2 aliphatic heterocycles. The second-order valence-electron chi connectivity index (χ2n) is 7.91. The Balaban J connectivity index is 1.32. The van der Waals surface area contributed by atoms with Gasteiger partial charge >= 0.3 is 0 Å². The topological polar surface area (TPSA) is 76.2 Å². The first-order valence-corrected chi connectivity index (χ1v) is 12.6. The highest BCUT2D eigenvalue weighted by Crippen LogP contribution is 2.24. The smallest absolute Gasteiger partial charge is 0.243 e. The summed E-state index contributed by atoms with van der Waals surface area (Å²) in [6, 6.07) is 14.3. The number of nitrogens with zero attached hydrogens (tertiary/aromatic N) is 2. The summed E-state index contributed by atoms with van der Waals surface area (Å²) in [7, 11) is -3.51. The fourth-order valence-corrected chi connectivity index (χ4v) is 5.46. The Morgan fingerprint density at radius 1 is 0.969 bits per heavy atom. The molecule has 2 aliphatic rings. The molecule has 0 N–H and O–H groups in total. The van der Waals surface area contributed by atoms with Crippen LogP contribution in [-0.2, 0) is 30.7 Å². The predicted octanol–water partition coefficient (Wildman–Crippen LogP) is 2.89. The normalized spacial score (nSPS) is 20.3. The van der Waals surface area contributed by atoms with E-state index in [9.17, 15) is 13.2 Å². The molecule has 2 aromatic rings. The van der Waals surface area contributed by atoms with Crippen LogP contribution >= 0.6 is 11.6 Å². The number of carbonyl (C=O) groups excluding carboxylic acids is 1. The SMILES string of the molecule is O=C(CCc1ccc(S(=O)(=O)N2CCOCC2)cc1)N1CCOC(c2ccc(Cl)cc2)C1. The van der Waals surface area contributed by atoms with Gasteiger partial charge in [-0.15, -0.1) is 0 Å². The standard InChI is InChI=1S/C23H27ClN2O5S/c24-20-6-4-19(5-7-20)22-17-25(11-16-31-22)23(27)10-3-18-1-8-21(9-2-18)32(28,29)26-12-14-30-15-13-26/h1-2,4-9,22H,3,10-17H2. The number of hydrogen-bond donors (Lipinski definition) is 0. The average Bonchev–Trinajstić information content (AvgIpc) is 2.84. The summed E-state index contributed by atoms with van der Waals surface area (Å²) in [6.07, 6.45) is 0.761. The summed E-state index contributed by atoms with van der Waals surface area (Å²) in [4.78, 5) is 14.9. The van der Waals surface area contributed by atoms with Crippen molar-refractivity contribution in [2.75, 3.05) is 46.0 Å². The summed E-state index contributed by atoms with van der Waals surface area (Å²) in [6.45, 7) is 3.15. The van der Waals surface area contributed by atoms with Crippen LogP contribution in [0.3, 0.4) is 0 Å². The number of carbonyl (C=O) groups is 1. The third kappa shape index (κ3) is 5.50. The fourth-order valence-electron chi connectivity index (χ4n) is 3.93. The maximum absolute atomic E-state index is 12.8. The lowest BCUT2D eigenvalue weighted by molar-refractivity contribution is -0.139. The third-order valence-electron chi connectivity index (χ3n) is 5.82. The van der Waals surface area contributed by atoms with Gasteiger partial charge in [0.05, 0.1) is 31.3 Å². The highest BCUT2D eigenvalue weighted by atomic mass is 35.5. The molecule has 0 saturated carbocycles. The quantitative estimate of drug-likeness (QED) is 0.638. The fraction of sp³-hybridized carbons (Fsp3) is 0.435. The number of halogens is 1. The number of morpholine rings is 2. The van der Waals surface area contributed by atoms with Gasteiger partial charge in [0.2, 0.25) is 15.9 Å². The maximum Gasteiger partial charge on any atom is 0.243 e. The van der Waals surface area contributed by atoms with Gasteiger partial charge in [-0.1, -0.05) is 35.9 Å². The van der Waals surface area contributed by atoms with E-state index in [0.717, 1.165) is 11.1 Å². The number of hydrogen-bond acceptors (Lipinski definition) is 5. The van der Waals surface area contributed by atoms with Crippen molar-refractivity contribution in [2.24, 2.45) is 0 Å². The van der Waals surface area contributed by atoms with Crippen molar-refractivity contribution in [3.63, 3.8) is 0 Å². The minimum atomic E-state index is -3.51. The molecule has 2 heterocycles. The summed E-state index contributed by atoms with van der Waals surface area (Å²) in [5.74, 6) is 0.0669. The van der Waals surface area contributed by atoms with Crippen LogP contribution in [0.2, 0.25) is 5.02 Å². The van der Waals surface area contributed by atoms with Crippen molar-refractivity contribution in [1.29, 1.82) is 0 Å². The highest BCUT2D eigenvalue weighted by Gasteiger charge is 2.27. The van der Waals surface area contributed by atoms with Crippen LogP contribution in [0.5, 0.6) is 0 Å². The molecule has 0 spiro atoms. The molecule has 7 nitrogen and oxygen atoms in total. The zero-order valence-electron chi connectivity index (χ0n) is 17.8. The number of sulfonamides is 1. The second-order valence-corrected chi connectivity index (χ2v) is 10.3. The first-order valence-electron chi connectivity index (χ1n) is 10.8. The van der Waals surface area contributed by atoms with Gasteiger partial charge < -0.3 is 14.4 Å². The first-order chi connectivity index (χ1) is 15.4. The third-order valence-corrected chi connectivity index (χ3v) is 7.98. The van der Waals surface area contributed by atoms with Crippen molar-refractivity contribution >= 4 is 27.5 Å². The Labute approximate surface area is 193 Å². The minimum absolute atomic E-state index is 0.0669. The van der Waals surface area contributed by atoms with Gasteiger partial charge in [0, 0.05) is 31.1 Å². The van der Waals surface area contributed by atoms with Crippen LogP contribution in [0.15, 0.2) is 53.4 Å². The number of benzene rings is 2. The van der Waals surface area contributed by atoms with Crippen molar-refractivity contribution in [2.45, 2.75) is 23.8 Å². The molecule has 9 heteroatoms. The van der Waals surface area contributed by atoms with E-state index in [1.807, 2.05) is 29.2 Å². The van der Waals surface area contributed by atoms with E-state index in [1.165, 1.54) is 4.31 Å². The van der Waals surface area contributed by atoms with Crippen LogP contribution in [0, 0.1) is 0 Å². The Morgan fingerprint density at radius 3 is 2.34 bits per heavy atom. The van der Waals surface area contributed by atoms with Gasteiger partial charge in [0.1, 0.15) is 6.10 Å². The van der Waals surface area contributed by atoms with Gasteiger partial charge in [-0.2, -0.15) is 4.31 Å². The maximum atomic E-state index is 12.8. The Hall–Kier alpha value is -1.97. The van der Waals surface area contributed by atoms with E-state index in [0.29, 0.717) is 63.9 Å². The molecule has 2 saturated heterocycles. The molecular weight excluding hydrogens is 452 g/mol. The van der Waals surface area contributed by atoms with E-state index in [2.05, 4.69) is 0 Å². The van der Waals surface area contributed by atoms with Crippen molar-refractivity contribution in [3.8, 4) is 0 Å². The zero-order valence-corrected chi connectivity index (χ0v) is 19.4. The molecular formula is C23H27ClN2O5S. The number of aryl methyl sites for hydroxylation is 1. The molecule has 2 aromatic carbocycles. The monoisotopic (exact) mass is 478 g/mol. The van der Waals surface area contributed by atoms with Crippen molar-refractivity contribution in [1.82, 2.24) is 9.21 Å². The largest absolute Gasteiger partial charge is 0.379 e. The highest BCUT2D eigenvalue weighted by molar-refractivity contribution is 7.89. The lowest BCUT2D eigenvalue weighted by Crippen LogP contribution is -2.42. The lowest BCUT2D eigenvalue weighted by atomic mass is 10.1. The lowest BCUT2D eigenvalue weighted by Gasteiger charge is -2.33. The minimum Gasteiger partial charge on any atom is -0.379 e.